The van der Waals surface area contributed by atoms with Crippen LogP contribution in [-0.2, 0) is 4.79 Å². The Morgan fingerprint density at radius 2 is 2.00 bits per heavy atom. The minimum absolute atomic E-state index is 0.126. The molecule has 0 saturated carbocycles. The zero-order valence-corrected chi connectivity index (χ0v) is 7.84. The van der Waals surface area contributed by atoms with Crippen molar-refractivity contribution in [1.29, 1.82) is 0 Å². The lowest BCUT2D eigenvalue weighted by atomic mass is 10.1. The van der Waals surface area contributed by atoms with Crippen LogP contribution in [0.25, 0.3) is 0 Å². The highest BCUT2D eigenvalue weighted by Gasteiger charge is 2.07. The minimum atomic E-state index is 0.126. The summed E-state index contributed by atoms with van der Waals surface area (Å²) in [6, 6.07) is 0.126. The predicted molar refractivity (Wildman–Crippen MR) is 47.7 cm³/mol. The molecule has 0 N–H and O–H groups in total. The molecule has 0 amide bonds. The van der Waals surface area contributed by atoms with Gasteiger partial charge in [-0.1, -0.05) is 26.2 Å². The fourth-order valence-electron chi connectivity index (χ4n) is 1.05. The van der Waals surface area contributed by atoms with Gasteiger partial charge < -0.3 is 9.69 Å². The molecule has 0 saturated heterocycles. The summed E-state index contributed by atoms with van der Waals surface area (Å²) < 4.78 is 0. The van der Waals surface area contributed by atoms with Crippen molar-refractivity contribution < 1.29 is 4.79 Å². The molecule has 0 aliphatic rings. The van der Waals surface area contributed by atoms with Crippen molar-refractivity contribution in [3.8, 4) is 0 Å². The Bertz CT molecular complexity index is 102. The quantitative estimate of drug-likeness (QED) is 0.432. The number of carbonyl (C=O) groups is 1. The van der Waals surface area contributed by atoms with Crippen LogP contribution < -0.4 is 0 Å². The SMILES string of the molecule is CCCCC[C@@H](C=O)N(C)C. The zero-order valence-electron chi connectivity index (χ0n) is 7.84. The van der Waals surface area contributed by atoms with Gasteiger partial charge in [-0.2, -0.15) is 0 Å². The van der Waals surface area contributed by atoms with Crippen LogP contribution in [0.3, 0.4) is 0 Å². The minimum Gasteiger partial charge on any atom is -0.302 e. The molecule has 2 nitrogen and oxygen atoms in total. The summed E-state index contributed by atoms with van der Waals surface area (Å²) in [6.07, 6.45) is 5.66. The van der Waals surface area contributed by atoms with Gasteiger partial charge >= 0.3 is 0 Å². The van der Waals surface area contributed by atoms with Gasteiger partial charge in [-0.25, -0.2) is 0 Å². The molecule has 0 unspecified atom stereocenters. The van der Waals surface area contributed by atoms with Gasteiger partial charge in [0.25, 0.3) is 0 Å². The van der Waals surface area contributed by atoms with Gasteiger partial charge in [0.05, 0.1) is 6.04 Å². The van der Waals surface area contributed by atoms with Gasteiger partial charge in [0.2, 0.25) is 0 Å². The van der Waals surface area contributed by atoms with Gasteiger partial charge in [0.1, 0.15) is 6.29 Å². The summed E-state index contributed by atoms with van der Waals surface area (Å²) >= 11 is 0. The first-order valence-corrected chi connectivity index (χ1v) is 4.34. The van der Waals surface area contributed by atoms with Gasteiger partial charge in [-0.3, -0.25) is 0 Å². The van der Waals surface area contributed by atoms with E-state index in [-0.39, 0.29) is 6.04 Å². The fourth-order valence-corrected chi connectivity index (χ4v) is 1.05. The number of unbranched alkanes of at least 4 members (excludes halogenated alkanes) is 2. The number of nitrogens with zero attached hydrogens (tertiary/aromatic N) is 1. The zero-order chi connectivity index (χ0) is 8.69. The van der Waals surface area contributed by atoms with Crippen molar-refractivity contribution >= 4 is 6.29 Å². The molecule has 0 radical (unpaired) electrons. The van der Waals surface area contributed by atoms with E-state index >= 15 is 0 Å². The second-order valence-electron chi connectivity index (χ2n) is 3.16. The van der Waals surface area contributed by atoms with E-state index in [1.54, 1.807) is 0 Å². The lowest BCUT2D eigenvalue weighted by Crippen LogP contribution is -2.29. The number of likely N-dealkylation sites (N-methyl/N-ethyl adjacent to an activating group) is 1. The van der Waals surface area contributed by atoms with E-state index in [1.807, 2.05) is 19.0 Å². The second-order valence-corrected chi connectivity index (χ2v) is 3.16. The average Bonchev–Trinajstić information content (AvgIpc) is 1.97. The summed E-state index contributed by atoms with van der Waals surface area (Å²) in [5.41, 5.74) is 0. The number of hydrogen-bond donors (Lipinski definition) is 0. The van der Waals surface area contributed by atoms with Crippen LogP contribution in [-0.4, -0.2) is 31.3 Å². The summed E-state index contributed by atoms with van der Waals surface area (Å²) in [6.45, 7) is 2.17. The molecular formula is C9H19NO. The van der Waals surface area contributed by atoms with E-state index < -0.39 is 0 Å². The maximum absolute atomic E-state index is 10.5. The second kappa shape index (κ2) is 6.35. The van der Waals surface area contributed by atoms with Crippen LogP contribution >= 0.6 is 0 Å². The van der Waals surface area contributed by atoms with Gasteiger partial charge in [0, 0.05) is 0 Å². The van der Waals surface area contributed by atoms with Crippen molar-refractivity contribution in [1.82, 2.24) is 4.90 Å². The van der Waals surface area contributed by atoms with E-state index in [9.17, 15) is 4.79 Å². The Labute approximate surface area is 69.6 Å². The third-order valence-electron chi connectivity index (χ3n) is 1.92. The maximum atomic E-state index is 10.5. The highest BCUT2D eigenvalue weighted by molar-refractivity contribution is 5.57. The maximum Gasteiger partial charge on any atom is 0.137 e. The third kappa shape index (κ3) is 4.96. The van der Waals surface area contributed by atoms with Gasteiger partial charge in [-0.05, 0) is 20.5 Å². The standard InChI is InChI=1S/C9H19NO/c1-4-5-6-7-9(8-11)10(2)3/h8-9H,4-7H2,1-3H3/t9-/m0/s1. The molecule has 0 spiro atoms. The Morgan fingerprint density at radius 1 is 1.36 bits per heavy atom. The molecule has 2 heteroatoms. The number of rotatable bonds is 6. The Hall–Kier alpha value is -0.370. The highest BCUT2D eigenvalue weighted by atomic mass is 16.1. The molecule has 11 heavy (non-hydrogen) atoms. The monoisotopic (exact) mass is 157 g/mol. The third-order valence-corrected chi connectivity index (χ3v) is 1.92. The van der Waals surface area contributed by atoms with Crippen LogP contribution in [0.1, 0.15) is 32.6 Å². The smallest absolute Gasteiger partial charge is 0.137 e. The van der Waals surface area contributed by atoms with Gasteiger partial charge in [0.15, 0.2) is 0 Å². The topological polar surface area (TPSA) is 20.3 Å². The van der Waals surface area contributed by atoms with E-state index in [4.69, 9.17) is 0 Å². The van der Waals surface area contributed by atoms with Crippen molar-refractivity contribution in [2.45, 2.75) is 38.6 Å². The molecule has 1 atom stereocenters. The van der Waals surface area contributed by atoms with Crippen molar-refractivity contribution in [3.63, 3.8) is 0 Å². The van der Waals surface area contributed by atoms with Crippen LogP contribution in [0.15, 0.2) is 0 Å². The number of hydrogen-bond acceptors (Lipinski definition) is 2. The summed E-state index contributed by atoms with van der Waals surface area (Å²) in [5.74, 6) is 0. The molecule has 0 rings (SSSR count). The van der Waals surface area contributed by atoms with Crippen LogP contribution in [0.4, 0.5) is 0 Å². The van der Waals surface area contributed by atoms with Crippen molar-refractivity contribution in [3.05, 3.63) is 0 Å². The summed E-state index contributed by atoms with van der Waals surface area (Å²) in [5, 5.41) is 0. The lowest BCUT2D eigenvalue weighted by Gasteiger charge is -2.17. The first-order chi connectivity index (χ1) is 5.22. The van der Waals surface area contributed by atoms with Crippen LogP contribution in [0, 0.1) is 0 Å². The predicted octanol–water partition coefficient (Wildman–Crippen LogP) is 1.70. The molecule has 0 aliphatic carbocycles. The van der Waals surface area contributed by atoms with E-state index in [2.05, 4.69) is 6.92 Å². The highest BCUT2D eigenvalue weighted by Crippen LogP contribution is 2.04. The van der Waals surface area contributed by atoms with E-state index in [1.165, 1.54) is 12.8 Å². The molecule has 0 aliphatic heterocycles. The molecule has 0 bridgehead atoms. The first kappa shape index (κ1) is 10.6. The van der Waals surface area contributed by atoms with E-state index in [0.29, 0.717) is 0 Å². The van der Waals surface area contributed by atoms with E-state index in [0.717, 1.165) is 19.1 Å². The lowest BCUT2D eigenvalue weighted by molar-refractivity contribution is -0.111. The number of aldehydes is 1. The molecule has 0 aromatic rings. The fraction of sp³-hybridized carbons (Fsp3) is 0.889. The molecule has 0 aromatic carbocycles. The van der Waals surface area contributed by atoms with Gasteiger partial charge in [-0.15, -0.1) is 0 Å². The van der Waals surface area contributed by atoms with Crippen LogP contribution in [0.5, 0.6) is 0 Å². The molecule has 66 valence electrons. The average molecular weight is 157 g/mol. The Kier molecular flexibility index (Phi) is 6.13. The number of carbonyl (C=O) groups excluding carboxylic acids is 1. The molecular weight excluding hydrogens is 138 g/mol. The van der Waals surface area contributed by atoms with Crippen molar-refractivity contribution in [2.75, 3.05) is 14.1 Å². The van der Waals surface area contributed by atoms with Crippen LogP contribution in [0.2, 0.25) is 0 Å². The normalized spacial score (nSPS) is 13.5. The first-order valence-electron chi connectivity index (χ1n) is 4.34. The molecule has 0 aromatic heterocycles. The summed E-state index contributed by atoms with van der Waals surface area (Å²) in [7, 11) is 3.90. The molecule has 0 heterocycles. The Morgan fingerprint density at radius 3 is 2.36 bits per heavy atom. The molecule has 0 fully saturated rings. The largest absolute Gasteiger partial charge is 0.302 e. The van der Waals surface area contributed by atoms with Crippen molar-refractivity contribution in [2.24, 2.45) is 0 Å². The Balaban J connectivity index is 3.44. The summed E-state index contributed by atoms with van der Waals surface area (Å²) in [4.78, 5) is 12.5.